The average Bonchev–Trinajstić information content (AvgIpc) is 2.25. The molecule has 3 N–H and O–H groups in total. The van der Waals surface area contributed by atoms with Crippen LogP contribution in [0.4, 0.5) is 5.82 Å². The third-order valence-corrected chi connectivity index (χ3v) is 2.58. The van der Waals surface area contributed by atoms with Gasteiger partial charge in [0.25, 0.3) is 0 Å². The molecule has 88 valence electrons. The number of nitrogens with one attached hydrogen (secondary N) is 1. The van der Waals surface area contributed by atoms with Crippen molar-refractivity contribution in [2.75, 3.05) is 18.0 Å². The summed E-state index contributed by atoms with van der Waals surface area (Å²) in [5.74, 6) is 0.923. The summed E-state index contributed by atoms with van der Waals surface area (Å²) in [4.78, 5) is 6.51. The van der Waals surface area contributed by atoms with Crippen molar-refractivity contribution in [3.8, 4) is 0 Å². The SMILES string of the molecule is CCCN(CC)c1nccc(C)c1C(=N)N. The Morgan fingerprint density at radius 1 is 1.50 bits per heavy atom. The normalized spacial score (nSPS) is 10.2. The van der Waals surface area contributed by atoms with Crippen LogP contribution in [0.15, 0.2) is 12.3 Å². The number of amidine groups is 1. The van der Waals surface area contributed by atoms with Crippen LogP contribution in [0.2, 0.25) is 0 Å². The number of hydrogen-bond acceptors (Lipinski definition) is 3. The van der Waals surface area contributed by atoms with Gasteiger partial charge in [-0.2, -0.15) is 0 Å². The van der Waals surface area contributed by atoms with Crippen LogP contribution in [0.1, 0.15) is 31.4 Å². The summed E-state index contributed by atoms with van der Waals surface area (Å²) in [6.45, 7) is 8.00. The first-order valence-corrected chi connectivity index (χ1v) is 5.66. The van der Waals surface area contributed by atoms with E-state index < -0.39 is 0 Å². The van der Waals surface area contributed by atoms with Crippen molar-refractivity contribution >= 4 is 11.7 Å². The highest BCUT2D eigenvalue weighted by molar-refractivity contribution is 6.00. The molecule has 0 saturated carbocycles. The summed E-state index contributed by atoms with van der Waals surface area (Å²) < 4.78 is 0. The minimum absolute atomic E-state index is 0.0927. The predicted molar refractivity (Wildman–Crippen MR) is 68.2 cm³/mol. The molecule has 0 saturated heterocycles. The van der Waals surface area contributed by atoms with Gasteiger partial charge in [0, 0.05) is 19.3 Å². The van der Waals surface area contributed by atoms with Crippen LogP contribution in [0.25, 0.3) is 0 Å². The molecule has 0 fully saturated rings. The number of aromatic nitrogens is 1. The monoisotopic (exact) mass is 220 g/mol. The summed E-state index contributed by atoms with van der Waals surface area (Å²) >= 11 is 0. The molecule has 0 bridgehead atoms. The Balaban J connectivity index is 3.20. The number of hydrogen-bond donors (Lipinski definition) is 2. The van der Waals surface area contributed by atoms with Gasteiger partial charge in [0.15, 0.2) is 0 Å². The van der Waals surface area contributed by atoms with E-state index in [1.807, 2.05) is 13.0 Å². The van der Waals surface area contributed by atoms with E-state index in [4.69, 9.17) is 11.1 Å². The van der Waals surface area contributed by atoms with E-state index >= 15 is 0 Å². The Kier molecular flexibility index (Phi) is 4.28. The highest BCUT2D eigenvalue weighted by atomic mass is 15.2. The van der Waals surface area contributed by atoms with Crippen molar-refractivity contribution in [2.24, 2.45) is 5.73 Å². The number of rotatable bonds is 5. The van der Waals surface area contributed by atoms with Crippen molar-refractivity contribution in [1.82, 2.24) is 4.98 Å². The second-order valence-electron chi connectivity index (χ2n) is 3.82. The quantitative estimate of drug-likeness (QED) is 0.588. The standard InChI is InChI=1S/C12H20N4/c1-4-8-16(5-2)12-10(11(13)14)9(3)6-7-15-12/h6-7H,4-5,8H2,1-3H3,(H3,13,14). The van der Waals surface area contributed by atoms with Gasteiger partial charge in [-0.15, -0.1) is 0 Å². The molecule has 1 aromatic heterocycles. The average molecular weight is 220 g/mol. The predicted octanol–water partition coefficient (Wildman–Crippen LogP) is 1.91. The van der Waals surface area contributed by atoms with E-state index in [-0.39, 0.29) is 5.84 Å². The third-order valence-electron chi connectivity index (χ3n) is 2.58. The van der Waals surface area contributed by atoms with E-state index in [1.54, 1.807) is 6.20 Å². The van der Waals surface area contributed by atoms with Gasteiger partial charge in [-0.05, 0) is 31.9 Å². The number of anilines is 1. The number of nitrogens with zero attached hydrogens (tertiary/aromatic N) is 2. The van der Waals surface area contributed by atoms with Crippen LogP contribution < -0.4 is 10.6 Å². The molecule has 0 aliphatic heterocycles. The van der Waals surface area contributed by atoms with Crippen molar-refractivity contribution < 1.29 is 0 Å². The molecule has 0 aliphatic rings. The molecule has 1 heterocycles. The van der Waals surface area contributed by atoms with Gasteiger partial charge >= 0.3 is 0 Å². The van der Waals surface area contributed by atoms with E-state index in [9.17, 15) is 0 Å². The molecule has 0 spiro atoms. The smallest absolute Gasteiger partial charge is 0.139 e. The minimum Gasteiger partial charge on any atom is -0.384 e. The topological polar surface area (TPSA) is 66.0 Å². The zero-order valence-corrected chi connectivity index (χ0v) is 10.2. The summed E-state index contributed by atoms with van der Waals surface area (Å²) in [6, 6.07) is 1.89. The Labute approximate surface area is 97.0 Å². The summed E-state index contributed by atoms with van der Waals surface area (Å²) in [5.41, 5.74) is 7.39. The molecule has 0 amide bonds. The van der Waals surface area contributed by atoms with Crippen LogP contribution in [-0.2, 0) is 0 Å². The van der Waals surface area contributed by atoms with Gasteiger partial charge in [-0.25, -0.2) is 4.98 Å². The molecular formula is C12H20N4. The lowest BCUT2D eigenvalue weighted by atomic mass is 10.1. The van der Waals surface area contributed by atoms with Crippen molar-refractivity contribution in [3.05, 3.63) is 23.4 Å². The molecule has 4 heteroatoms. The Bertz CT molecular complexity index is 373. The first kappa shape index (κ1) is 12.5. The molecule has 0 radical (unpaired) electrons. The number of nitrogens with two attached hydrogens (primary N) is 1. The second-order valence-corrected chi connectivity index (χ2v) is 3.82. The van der Waals surface area contributed by atoms with Gasteiger partial charge in [0.05, 0.1) is 5.56 Å². The molecule has 0 atom stereocenters. The fourth-order valence-electron chi connectivity index (χ4n) is 1.80. The number of pyridine rings is 1. The molecule has 0 aromatic carbocycles. The molecule has 1 rings (SSSR count). The van der Waals surface area contributed by atoms with E-state index in [0.717, 1.165) is 36.5 Å². The third kappa shape index (κ3) is 2.51. The Hall–Kier alpha value is -1.58. The van der Waals surface area contributed by atoms with Crippen molar-refractivity contribution in [2.45, 2.75) is 27.2 Å². The van der Waals surface area contributed by atoms with Gasteiger partial charge in [0.2, 0.25) is 0 Å². The van der Waals surface area contributed by atoms with Gasteiger partial charge in [-0.1, -0.05) is 6.92 Å². The first-order valence-electron chi connectivity index (χ1n) is 5.66. The van der Waals surface area contributed by atoms with Gasteiger partial charge in [0.1, 0.15) is 11.7 Å². The summed E-state index contributed by atoms with van der Waals surface area (Å²) in [7, 11) is 0. The second kappa shape index (κ2) is 5.49. The summed E-state index contributed by atoms with van der Waals surface area (Å²) in [5, 5.41) is 7.63. The molecule has 0 aliphatic carbocycles. The maximum Gasteiger partial charge on any atom is 0.139 e. The van der Waals surface area contributed by atoms with Crippen LogP contribution in [0, 0.1) is 12.3 Å². The van der Waals surface area contributed by atoms with Gasteiger partial charge in [-0.3, -0.25) is 5.41 Å². The fraction of sp³-hybridized carbons (Fsp3) is 0.500. The Morgan fingerprint density at radius 3 is 2.69 bits per heavy atom. The zero-order chi connectivity index (χ0) is 12.1. The van der Waals surface area contributed by atoms with Crippen LogP contribution in [-0.4, -0.2) is 23.9 Å². The number of nitrogen functional groups attached to an aromatic ring is 1. The van der Waals surface area contributed by atoms with Crippen molar-refractivity contribution in [3.63, 3.8) is 0 Å². The molecule has 16 heavy (non-hydrogen) atoms. The maximum atomic E-state index is 7.63. The molecular weight excluding hydrogens is 200 g/mol. The van der Waals surface area contributed by atoms with E-state index in [1.165, 1.54) is 0 Å². The maximum absolute atomic E-state index is 7.63. The highest BCUT2D eigenvalue weighted by Crippen LogP contribution is 2.20. The molecule has 0 unspecified atom stereocenters. The molecule has 4 nitrogen and oxygen atoms in total. The molecule has 1 aromatic rings. The lowest BCUT2D eigenvalue weighted by molar-refractivity contribution is 0.777. The summed E-state index contributed by atoms with van der Waals surface area (Å²) in [6.07, 6.45) is 2.83. The van der Waals surface area contributed by atoms with Crippen LogP contribution >= 0.6 is 0 Å². The van der Waals surface area contributed by atoms with Crippen LogP contribution in [0.5, 0.6) is 0 Å². The van der Waals surface area contributed by atoms with Crippen molar-refractivity contribution in [1.29, 1.82) is 5.41 Å². The number of aryl methyl sites for hydroxylation is 1. The largest absolute Gasteiger partial charge is 0.384 e. The van der Waals surface area contributed by atoms with Gasteiger partial charge < -0.3 is 10.6 Å². The fourth-order valence-corrected chi connectivity index (χ4v) is 1.80. The van der Waals surface area contributed by atoms with E-state index in [0.29, 0.717) is 0 Å². The lowest BCUT2D eigenvalue weighted by Gasteiger charge is -2.24. The zero-order valence-electron chi connectivity index (χ0n) is 10.2. The van der Waals surface area contributed by atoms with E-state index in [2.05, 4.69) is 23.7 Å². The van der Waals surface area contributed by atoms with Crippen LogP contribution in [0.3, 0.4) is 0 Å². The highest BCUT2D eigenvalue weighted by Gasteiger charge is 2.14. The lowest BCUT2D eigenvalue weighted by Crippen LogP contribution is -2.28. The minimum atomic E-state index is 0.0927. The Morgan fingerprint density at radius 2 is 2.19 bits per heavy atom. The first-order chi connectivity index (χ1) is 7.61.